The fourth-order valence-electron chi connectivity index (χ4n) is 2.28. The number of anilines is 1. The molecule has 0 saturated carbocycles. The Morgan fingerprint density at radius 1 is 1.60 bits per heavy atom. The van der Waals surface area contributed by atoms with Crippen LogP contribution in [0.2, 0.25) is 0 Å². The normalized spacial score (nSPS) is 21.7. The number of hydrogen-bond donors (Lipinski definition) is 2. The average molecular weight is 282 g/mol. The fourth-order valence-corrected chi connectivity index (χ4v) is 2.28. The molecule has 1 aliphatic heterocycles. The van der Waals surface area contributed by atoms with Gasteiger partial charge in [-0.1, -0.05) is 0 Å². The molecule has 20 heavy (non-hydrogen) atoms. The summed E-state index contributed by atoms with van der Waals surface area (Å²) in [5.41, 5.74) is 0. The molecule has 2 rings (SSSR count). The predicted octanol–water partition coefficient (Wildman–Crippen LogP) is 0.373. The lowest BCUT2D eigenvalue weighted by atomic mass is 10.0. The number of urea groups is 1. The van der Waals surface area contributed by atoms with Crippen molar-refractivity contribution in [3.8, 4) is 0 Å². The highest BCUT2D eigenvalue weighted by Crippen LogP contribution is 2.20. The number of rotatable bonds is 4. The van der Waals surface area contributed by atoms with E-state index in [1.54, 1.807) is 30.9 Å². The second kappa shape index (κ2) is 5.91. The summed E-state index contributed by atoms with van der Waals surface area (Å²) in [6.07, 6.45) is 1.71. The van der Waals surface area contributed by atoms with E-state index in [1.165, 1.54) is 4.90 Å². The molecule has 8 heteroatoms. The Kier molecular flexibility index (Phi) is 4.23. The van der Waals surface area contributed by atoms with Crippen LogP contribution in [0.1, 0.15) is 6.92 Å². The van der Waals surface area contributed by atoms with E-state index >= 15 is 0 Å². The van der Waals surface area contributed by atoms with Gasteiger partial charge in [0, 0.05) is 25.9 Å². The Hall–Kier alpha value is -2.09. The summed E-state index contributed by atoms with van der Waals surface area (Å²) in [6, 6.07) is 0.847. The van der Waals surface area contributed by atoms with Crippen molar-refractivity contribution in [2.45, 2.75) is 13.0 Å². The number of aromatic nitrogens is 2. The van der Waals surface area contributed by atoms with Crippen LogP contribution in [0.5, 0.6) is 0 Å². The maximum atomic E-state index is 12.2. The lowest BCUT2D eigenvalue weighted by Gasteiger charge is -2.28. The van der Waals surface area contributed by atoms with Crippen molar-refractivity contribution in [1.82, 2.24) is 14.7 Å². The second-order valence-corrected chi connectivity index (χ2v) is 4.64. The first-order valence-corrected chi connectivity index (χ1v) is 6.40. The van der Waals surface area contributed by atoms with Crippen LogP contribution in [0.4, 0.5) is 10.6 Å². The van der Waals surface area contributed by atoms with Crippen LogP contribution in [-0.4, -0.2) is 57.6 Å². The van der Waals surface area contributed by atoms with Gasteiger partial charge in [0.25, 0.3) is 0 Å². The van der Waals surface area contributed by atoms with Crippen molar-refractivity contribution < 1.29 is 19.4 Å². The summed E-state index contributed by atoms with van der Waals surface area (Å²) in [5, 5.41) is 15.9. The highest BCUT2D eigenvalue weighted by atomic mass is 16.5. The summed E-state index contributed by atoms with van der Waals surface area (Å²) < 4.78 is 6.77. The first kappa shape index (κ1) is 14.3. The lowest BCUT2D eigenvalue weighted by Crippen LogP contribution is -2.48. The van der Waals surface area contributed by atoms with Crippen molar-refractivity contribution in [1.29, 1.82) is 0 Å². The Morgan fingerprint density at radius 3 is 2.90 bits per heavy atom. The molecule has 0 spiro atoms. The molecule has 1 fully saturated rings. The Balaban J connectivity index is 2.07. The quantitative estimate of drug-likeness (QED) is 0.832. The Bertz CT molecular complexity index is 501. The standard InChI is InChI=1S/C12H18N4O4/c1-3-16(9-7-20-6-8(9)11(17)18)12(19)13-10-4-5-15(2)14-10/h4-5,8-9H,3,6-7H2,1-2H3,(H,17,18)(H,13,14,19). The van der Waals surface area contributed by atoms with Crippen molar-refractivity contribution in [3.05, 3.63) is 12.3 Å². The number of aryl methyl sites for hydroxylation is 1. The summed E-state index contributed by atoms with van der Waals surface area (Å²) in [4.78, 5) is 24.9. The van der Waals surface area contributed by atoms with Gasteiger partial charge in [0.05, 0.1) is 19.3 Å². The second-order valence-electron chi connectivity index (χ2n) is 4.64. The van der Waals surface area contributed by atoms with Crippen LogP contribution in [0.15, 0.2) is 12.3 Å². The van der Waals surface area contributed by atoms with E-state index in [9.17, 15) is 9.59 Å². The van der Waals surface area contributed by atoms with E-state index in [0.717, 1.165) is 0 Å². The molecule has 2 heterocycles. The molecule has 110 valence electrons. The smallest absolute Gasteiger partial charge is 0.323 e. The third-order valence-corrected chi connectivity index (χ3v) is 3.32. The largest absolute Gasteiger partial charge is 0.481 e. The molecule has 8 nitrogen and oxygen atoms in total. The van der Waals surface area contributed by atoms with E-state index in [-0.39, 0.29) is 19.2 Å². The van der Waals surface area contributed by atoms with Gasteiger partial charge >= 0.3 is 12.0 Å². The molecule has 0 radical (unpaired) electrons. The average Bonchev–Trinajstić information content (AvgIpc) is 3.00. The van der Waals surface area contributed by atoms with Crippen LogP contribution < -0.4 is 5.32 Å². The van der Waals surface area contributed by atoms with E-state index in [1.807, 2.05) is 0 Å². The lowest BCUT2D eigenvalue weighted by molar-refractivity contribution is -0.142. The van der Waals surface area contributed by atoms with Gasteiger partial charge in [-0.3, -0.25) is 14.8 Å². The summed E-state index contributed by atoms with van der Waals surface area (Å²) in [6.45, 7) is 2.57. The van der Waals surface area contributed by atoms with Crippen LogP contribution >= 0.6 is 0 Å². The molecule has 2 unspecified atom stereocenters. The minimum Gasteiger partial charge on any atom is -0.481 e. The van der Waals surface area contributed by atoms with E-state index in [4.69, 9.17) is 9.84 Å². The van der Waals surface area contributed by atoms with Gasteiger partial charge in [0.15, 0.2) is 5.82 Å². The fraction of sp³-hybridized carbons (Fsp3) is 0.583. The molecule has 1 saturated heterocycles. The van der Waals surface area contributed by atoms with Crippen LogP contribution in [0.25, 0.3) is 0 Å². The highest BCUT2D eigenvalue weighted by Gasteiger charge is 2.39. The van der Waals surface area contributed by atoms with Gasteiger partial charge in [-0.2, -0.15) is 5.10 Å². The maximum Gasteiger partial charge on any atom is 0.323 e. The van der Waals surface area contributed by atoms with E-state index < -0.39 is 17.9 Å². The van der Waals surface area contributed by atoms with E-state index in [2.05, 4.69) is 10.4 Å². The number of carboxylic acid groups (broad SMARTS) is 1. The number of likely N-dealkylation sites (N-methyl/N-ethyl adjacent to an activating group) is 1. The Labute approximate surface area is 116 Å². The van der Waals surface area contributed by atoms with Gasteiger partial charge in [0.1, 0.15) is 5.92 Å². The summed E-state index contributed by atoms with van der Waals surface area (Å²) in [7, 11) is 1.75. The Morgan fingerprint density at radius 2 is 2.35 bits per heavy atom. The molecule has 2 amide bonds. The molecule has 1 aromatic heterocycles. The number of aliphatic carboxylic acids is 1. The molecule has 2 atom stereocenters. The zero-order valence-electron chi connectivity index (χ0n) is 11.4. The minimum absolute atomic E-state index is 0.132. The summed E-state index contributed by atoms with van der Waals surface area (Å²) in [5.74, 6) is -1.21. The minimum atomic E-state index is -0.948. The molecular weight excluding hydrogens is 264 g/mol. The van der Waals surface area contributed by atoms with Gasteiger partial charge in [-0.25, -0.2) is 4.79 Å². The molecule has 1 aliphatic rings. The first-order chi connectivity index (χ1) is 9.52. The maximum absolute atomic E-state index is 12.2. The SMILES string of the molecule is CCN(C(=O)Nc1ccn(C)n1)C1COCC1C(=O)O. The number of carboxylic acids is 1. The van der Waals surface area contributed by atoms with Crippen LogP contribution in [0, 0.1) is 5.92 Å². The highest BCUT2D eigenvalue weighted by molar-refractivity contribution is 5.89. The van der Waals surface area contributed by atoms with E-state index in [0.29, 0.717) is 12.4 Å². The van der Waals surface area contributed by atoms with Crippen molar-refractivity contribution in [3.63, 3.8) is 0 Å². The summed E-state index contributed by atoms with van der Waals surface area (Å²) >= 11 is 0. The molecule has 0 aliphatic carbocycles. The number of hydrogen-bond acceptors (Lipinski definition) is 4. The van der Waals surface area contributed by atoms with Gasteiger partial charge < -0.3 is 14.7 Å². The first-order valence-electron chi connectivity index (χ1n) is 6.40. The topological polar surface area (TPSA) is 96.7 Å². The molecule has 1 aromatic rings. The number of ether oxygens (including phenoxy) is 1. The van der Waals surface area contributed by atoms with Gasteiger partial charge in [-0.05, 0) is 6.92 Å². The number of nitrogens with zero attached hydrogens (tertiary/aromatic N) is 3. The van der Waals surface area contributed by atoms with Gasteiger partial charge in [0.2, 0.25) is 0 Å². The third kappa shape index (κ3) is 2.90. The predicted molar refractivity (Wildman–Crippen MR) is 70.3 cm³/mol. The zero-order valence-corrected chi connectivity index (χ0v) is 11.4. The monoisotopic (exact) mass is 282 g/mol. The van der Waals surface area contributed by atoms with Crippen molar-refractivity contribution in [2.24, 2.45) is 13.0 Å². The van der Waals surface area contributed by atoms with Crippen LogP contribution in [-0.2, 0) is 16.6 Å². The number of carbonyl (C=O) groups excluding carboxylic acids is 1. The van der Waals surface area contributed by atoms with Gasteiger partial charge in [-0.15, -0.1) is 0 Å². The third-order valence-electron chi connectivity index (χ3n) is 3.32. The molecular formula is C12H18N4O4. The van der Waals surface area contributed by atoms with Crippen molar-refractivity contribution >= 4 is 17.8 Å². The number of nitrogens with one attached hydrogen (secondary N) is 1. The number of amides is 2. The molecule has 0 aromatic carbocycles. The zero-order chi connectivity index (χ0) is 14.7. The molecule has 0 bridgehead atoms. The number of carbonyl (C=O) groups is 2. The molecule has 2 N–H and O–H groups in total. The van der Waals surface area contributed by atoms with Crippen molar-refractivity contribution in [2.75, 3.05) is 25.1 Å². The van der Waals surface area contributed by atoms with Crippen LogP contribution in [0.3, 0.4) is 0 Å².